The zero-order chi connectivity index (χ0) is 23.4. The van der Waals surface area contributed by atoms with Gasteiger partial charge < -0.3 is 14.5 Å². The number of ether oxygens (including phenoxy) is 1. The zero-order valence-electron chi connectivity index (χ0n) is 19.9. The summed E-state index contributed by atoms with van der Waals surface area (Å²) in [6.45, 7) is 11.2. The number of rotatable bonds is 6. The molecule has 7 heteroatoms. The molecule has 0 saturated carbocycles. The fourth-order valence-corrected chi connectivity index (χ4v) is 5.39. The third-order valence-electron chi connectivity index (χ3n) is 7.05. The minimum atomic E-state index is 0.167. The van der Waals surface area contributed by atoms with E-state index in [2.05, 4.69) is 81.0 Å². The van der Waals surface area contributed by atoms with Crippen molar-refractivity contribution in [3.05, 3.63) is 52.6 Å². The molecule has 0 unspecified atom stereocenters. The molecule has 2 aliphatic rings. The molecule has 3 heterocycles. The van der Waals surface area contributed by atoms with Gasteiger partial charge in [0.2, 0.25) is 5.91 Å². The van der Waals surface area contributed by atoms with Crippen LogP contribution in [0.25, 0.3) is 0 Å². The summed E-state index contributed by atoms with van der Waals surface area (Å²) in [6.07, 6.45) is 4.15. The summed E-state index contributed by atoms with van der Waals surface area (Å²) in [5.74, 6) is 2.75. The number of nitrogens with zero attached hydrogens (tertiary/aromatic N) is 4. The van der Waals surface area contributed by atoms with Crippen LogP contribution in [0.3, 0.4) is 0 Å². The van der Waals surface area contributed by atoms with E-state index in [9.17, 15) is 4.79 Å². The van der Waals surface area contributed by atoms with E-state index in [0.717, 1.165) is 61.6 Å². The zero-order valence-corrected chi connectivity index (χ0v) is 21.5. The summed E-state index contributed by atoms with van der Waals surface area (Å²) >= 11 is 3.46. The molecule has 6 nitrogen and oxygen atoms in total. The molecule has 1 aromatic heterocycles. The molecule has 1 aromatic carbocycles. The quantitative estimate of drug-likeness (QED) is 0.565. The third kappa shape index (κ3) is 6.07. The summed E-state index contributed by atoms with van der Waals surface area (Å²) in [5.41, 5.74) is 1.40. The van der Waals surface area contributed by atoms with E-state index >= 15 is 0 Å². The number of amides is 1. The van der Waals surface area contributed by atoms with Crippen LogP contribution >= 0.6 is 15.9 Å². The van der Waals surface area contributed by atoms with Crippen LogP contribution < -0.4 is 9.64 Å². The van der Waals surface area contributed by atoms with Gasteiger partial charge in [0.1, 0.15) is 18.2 Å². The van der Waals surface area contributed by atoms with Gasteiger partial charge in [-0.3, -0.25) is 9.69 Å². The second kappa shape index (κ2) is 10.9. The highest BCUT2D eigenvalue weighted by atomic mass is 79.9. The van der Waals surface area contributed by atoms with Crippen molar-refractivity contribution in [3.8, 4) is 5.75 Å². The molecule has 2 atom stereocenters. The first-order chi connectivity index (χ1) is 15.9. The Bertz CT molecular complexity index is 901. The maximum Gasteiger partial charge on any atom is 0.219 e. The Labute approximate surface area is 206 Å². The first kappa shape index (κ1) is 24.0. The van der Waals surface area contributed by atoms with Gasteiger partial charge >= 0.3 is 0 Å². The molecule has 2 fully saturated rings. The molecule has 2 saturated heterocycles. The Morgan fingerprint density at radius 2 is 1.73 bits per heavy atom. The maximum atomic E-state index is 11.7. The molecule has 1 amide bonds. The summed E-state index contributed by atoms with van der Waals surface area (Å²) < 4.78 is 7.08. The number of pyridine rings is 1. The first-order valence-electron chi connectivity index (χ1n) is 12.0. The number of carbonyl (C=O) groups is 1. The van der Waals surface area contributed by atoms with Crippen LogP contribution in [0.4, 0.5) is 5.82 Å². The molecule has 2 aromatic rings. The molecule has 33 heavy (non-hydrogen) atoms. The molecule has 2 aliphatic heterocycles. The smallest absolute Gasteiger partial charge is 0.219 e. The molecule has 0 radical (unpaired) electrons. The van der Waals surface area contributed by atoms with Crippen LogP contribution in [0, 0.1) is 0 Å². The molecule has 0 spiro atoms. The summed E-state index contributed by atoms with van der Waals surface area (Å²) in [6, 6.07) is 13.5. The number of benzene rings is 1. The molecule has 0 bridgehead atoms. The summed E-state index contributed by atoms with van der Waals surface area (Å²) in [5, 5.41) is 0. The van der Waals surface area contributed by atoms with Crippen molar-refractivity contribution in [2.24, 2.45) is 0 Å². The van der Waals surface area contributed by atoms with Crippen molar-refractivity contribution < 1.29 is 9.53 Å². The third-order valence-corrected chi connectivity index (χ3v) is 7.52. The predicted molar refractivity (Wildman–Crippen MR) is 136 cm³/mol. The van der Waals surface area contributed by atoms with Gasteiger partial charge in [-0.15, -0.1) is 0 Å². The number of aromatic nitrogens is 1. The number of anilines is 1. The van der Waals surface area contributed by atoms with E-state index in [4.69, 9.17) is 4.74 Å². The van der Waals surface area contributed by atoms with Gasteiger partial charge in [-0.2, -0.15) is 0 Å². The molecular weight excluding hydrogens is 480 g/mol. The van der Waals surface area contributed by atoms with Crippen LogP contribution in [0.1, 0.15) is 45.1 Å². The molecular formula is C26H35BrN4O2. The summed E-state index contributed by atoms with van der Waals surface area (Å²) in [7, 11) is 0. The monoisotopic (exact) mass is 514 g/mol. The minimum Gasteiger partial charge on any atom is -0.492 e. The Hall–Kier alpha value is -2.12. The van der Waals surface area contributed by atoms with E-state index in [-0.39, 0.29) is 5.91 Å². The Balaban J connectivity index is 1.23. The number of halogens is 1. The van der Waals surface area contributed by atoms with Crippen LogP contribution in [-0.2, 0) is 4.79 Å². The van der Waals surface area contributed by atoms with Gasteiger partial charge in [-0.25, -0.2) is 4.98 Å². The molecule has 0 aliphatic carbocycles. The lowest BCUT2D eigenvalue weighted by atomic mass is 9.89. The van der Waals surface area contributed by atoms with Gasteiger partial charge in [0.25, 0.3) is 0 Å². The fourth-order valence-electron chi connectivity index (χ4n) is 5.16. The van der Waals surface area contributed by atoms with E-state index < -0.39 is 0 Å². The van der Waals surface area contributed by atoms with Crippen LogP contribution in [0.2, 0.25) is 0 Å². The Morgan fingerprint density at radius 3 is 2.30 bits per heavy atom. The normalized spacial score (nSPS) is 22.4. The highest BCUT2D eigenvalue weighted by molar-refractivity contribution is 9.10. The molecule has 4 rings (SSSR count). The highest BCUT2D eigenvalue weighted by Crippen LogP contribution is 2.31. The van der Waals surface area contributed by atoms with Crippen molar-refractivity contribution >= 4 is 27.7 Å². The lowest BCUT2D eigenvalue weighted by Crippen LogP contribution is -2.58. The van der Waals surface area contributed by atoms with E-state index in [1.54, 1.807) is 6.92 Å². The van der Waals surface area contributed by atoms with Crippen molar-refractivity contribution in [2.75, 3.05) is 44.2 Å². The number of piperazine rings is 1. The number of hydrogen-bond donors (Lipinski definition) is 0. The Kier molecular flexibility index (Phi) is 7.91. The van der Waals surface area contributed by atoms with E-state index in [0.29, 0.717) is 24.6 Å². The fraction of sp³-hybridized carbons (Fsp3) is 0.538. The lowest BCUT2D eigenvalue weighted by molar-refractivity contribution is -0.133. The van der Waals surface area contributed by atoms with Gasteiger partial charge in [-0.1, -0.05) is 12.1 Å². The largest absolute Gasteiger partial charge is 0.492 e. The highest BCUT2D eigenvalue weighted by Gasteiger charge is 2.30. The SMILES string of the molecule is CC(=O)N1C[C@@H](C)N(CCOc2ccc(C3CCN(c4ccc(Br)cn4)CC3)cc2)[C@@H](C)C1. The predicted octanol–water partition coefficient (Wildman–Crippen LogP) is 4.55. The minimum absolute atomic E-state index is 0.167. The second-order valence-corrected chi connectivity index (χ2v) is 10.3. The van der Waals surface area contributed by atoms with Crippen molar-refractivity contribution in [2.45, 2.75) is 51.6 Å². The van der Waals surface area contributed by atoms with E-state index in [1.165, 1.54) is 5.56 Å². The maximum absolute atomic E-state index is 11.7. The first-order valence-corrected chi connectivity index (χ1v) is 12.8. The standard InChI is InChI=1S/C26H35BrN4O2/c1-19-17-30(21(3)32)18-20(2)31(19)14-15-33-25-7-4-22(5-8-25)23-10-12-29(13-11-23)26-9-6-24(27)16-28-26/h4-9,16,19-20,23H,10-15,17-18H2,1-3H3/t19-,20+. The number of carbonyl (C=O) groups excluding carboxylic acids is 1. The summed E-state index contributed by atoms with van der Waals surface area (Å²) in [4.78, 5) is 23.0. The Morgan fingerprint density at radius 1 is 1.06 bits per heavy atom. The van der Waals surface area contributed by atoms with Crippen molar-refractivity contribution in [1.29, 1.82) is 0 Å². The van der Waals surface area contributed by atoms with Gasteiger partial charge in [0, 0.05) is 62.4 Å². The lowest BCUT2D eigenvalue weighted by Gasteiger charge is -2.44. The molecule has 178 valence electrons. The topological polar surface area (TPSA) is 48.9 Å². The second-order valence-electron chi connectivity index (χ2n) is 9.37. The van der Waals surface area contributed by atoms with Crippen molar-refractivity contribution in [1.82, 2.24) is 14.8 Å². The van der Waals surface area contributed by atoms with Crippen molar-refractivity contribution in [3.63, 3.8) is 0 Å². The van der Waals surface area contributed by atoms with E-state index in [1.807, 2.05) is 11.1 Å². The van der Waals surface area contributed by atoms with Gasteiger partial charge in [-0.05, 0) is 78.4 Å². The average Bonchev–Trinajstić information content (AvgIpc) is 2.82. The van der Waals surface area contributed by atoms with Gasteiger partial charge in [0.15, 0.2) is 0 Å². The molecule has 0 N–H and O–H groups in total. The number of hydrogen-bond acceptors (Lipinski definition) is 5. The van der Waals surface area contributed by atoms with Crippen LogP contribution in [-0.4, -0.2) is 72.1 Å². The van der Waals surface area contributed by atoms with Gasteiger partial charge in [0.05, 0.1) is 0 Å². The van der Waals surface area contributed by atoms with Crippen LogP contribution in [0.5, 0.6) is 5.75 Å². The average molecular weight is 515 g/mol. The number of piperidine rings is 1. The van der Waals surface area contributed by atoms with Crippen LogP contribution in [0.15, 0.2) is 47.1 Å².